The number of ether oxygens (including phenoxy) is 1. The maximum Gasteiger partial charge on any atom is 0.0576 e. The van der Waals surface area contributed by atoms with E-state index in [-0.39, 0.29) is 0 Å². The summed E-state index contributed by atoms with van der Waals surface area (Å²) in [6.07, 6.45) is 6.70. The van der Waals surface area contributed by atoms with E-state index in [0.717, 1.165) is 19.6 Å². The third-order valence-electron chi connectivity index (χ3n) is 2.00. The minimum atomic E-state index is 0.562. The summed E-state index contributed by atoms with van der Waals surface area (Å²) >= 11 is 0. The van der Waals surface area contributed by atoms with E-state index >= 15 is 0 Å². The van der Waals surface area contributed by atoms with E-state index in [1.807, 2.05) is 0 Å². The molecule has 60 valence electrons. The molecule has 0 aromatic carbocycles. The van der Waals surface area contributed by atoms with Gasteiger partial charge >= 0.3 is 0 Å². The van der Waals surface area contributed by atoms with Crippen LogP contribution < -0.4 is 5.73 Å². The van der Waals surface area contributed by atoms with Gasteiger partial charge in [0.1, 0.15) is 0 Å². The van der Waals surface area contributed by atoms with Crippen LogP contribution in [0.1, 0.15) is 32.1 Å². The van der Waals surface area contributed by atoms with E-state index in [4.69, 9.17) is 10.5 Å². The van der Waals surface area contributed by atoms with Gasteiger partial charge in [-0.15, -0.1) is 0 Å². The van der Waals surface area contributed by atoms with Gasteiger partial charge in [0.05, 0.1) is 6.10 Å². The Morgan fingerprint density at radius 3 is 2.90 bits per heavy atom. The zero-order chi connectivity index (χ0) is 7.23. The molecule has 2 N–H and O–H groups in total. The van der Waals surface area contributed by atoms with Crippen molar-refractivity contribution in [2.75, 3.05) is 13.2 Å². The van der Waals surface area contributed by atoms with Crippen molar-refractivity contribution in [2.45, 2.75) is 38.2 Å². The average Bonchev–Trinajstić information content (AvgIpc) is 2.41. The van der Waals surface area contributed by atoms with Gasteiger partial charge in [-0.2, -0.15) is 0 Å². The standard InChI is InChI=1S/C8H17NO/c9-6-2-1-4-8-5-3-7-10-8/h8H,1-7,9H2/t8-/m1/s1. The van der Waals surface area contributed by atoms with Crippen molar-refractivity contribution in [1.82, 2.24) is 0 Å². The summed E-state index contributed by atoms with van der Waals surface area (Å²) in [5, 5.41) is 0. The topological polar surface area (TPSA) is 35.2 Å². The molecule has 0 bridgehead atoms. The Labute approximate surface area is 62.7 Å². The van der Waals surface area contributed by atoms with Crippen LogP contribution in [-0.2, 0) is 4.74 Å². The first-order valence-electron chi connectivity index (χ1n) is 4.25. The van der Waals surface area contributed by atoms with E-state index < -0.39 is 0 Å². The lowest BCUT2D eigenvalue weighted by atomic mass is 10.1. The van der Waals surface area contributed by atoms with Crippen LogP contribution in [0.5, 0.6) is 0 Å². The number of nitrogens with two attached hydrogens (primary N) is 1. The second-order valence-corrected chi connectivity index (χ2v) is 2.92. The zero-order valence-electron chi connectivity index (χ0n) is 6.51. The van der Waals surface area contributed by atoms with Crippen molar-refractivity contribution >= 4 is 0 Å². The molecule has 0 unspecified atom stereocenters. The molecule has 1 heterocycles. The minimum absolute atomic E-state index is 0.562. The van der Waals surface area contributed by atoms with Gasteiger partial charge < -0.3 is 10.5 Å². The summed E-state index contributed by atoms with van der Waals surface area (Å²) in [6, 6.07) is 0. The Bertz CT molecular complexity index is 79.3. The largest absolute Gasteiger partial charge is 0.378 e. The van der Waals surface area contributed by atoms with Crippen LogP contribution in [0.2, 0.25) is 0 Å². The molecule has 10 heavy (non-hydrogen) atoms. The fraction of sp³-hybridized carbons (Fsp3) is 1.00. The number of hydrogen-bond donors (Lipinski definition) is 1. The van der Waals surface area contributed by atoms with Gasteiger partial charge in [-0.25, -0.2) is 0 Å². The summed E-state index contributed by atoms with van der Waals surface area (Å²) in [6.45, 7) is 1.81. The van der Waals surface area contributed by atoms with Gasteiger partial charge in [-0.1, -0.05) is 0 Å². The molecule has 1 fully saturated rings. The molecule has 1 saturated heterocycles. The molecule has 0 radical (unpaired) electrons. The lowest BCUT2D eigenvalue weighted by Gasteiger charge is -2.06. The third-order valence-corrected chi connectivity index (χ3v) is 2.00. The highest BCUT2D eigenvalue weighted by molar-refractivity contribution is 4.64. The lowest BCUT2D eigenvalue weighted by Crippen LogP contribution is -2.06. The minimum Gasteiger partial charge on any atom is -0.378 e. The van der Waals surface area contributed by atoms with Crippen molar-refractivity contribution in [3.8, 4) is 0 Å². The second kappa shape index (κ2) is 4.69. The molecule has 0 amide bonds. The Morgan fingerprint density at radius 2 is 2.30 bits per heavy atom. The van der Waals surface area contributed by atoms with E-state index in [1.165, 1.54) is 25.7 Å². The molecule has 0 saturated carbocycles. The SMILES string of the molecule is NCCCC[C@@H]1CCCO1. The third kappa shape index (κ3) is 2.67. The number of unbranched alkanes of at least 4 members (excludes halogenated alkanes) is 1. The van der Waals surface area contributed by atoms with E-state index in [0.29, 0.717) is 6.10 Å². The van der Waals surface area contributed by atoms with Gasteiger partial charge in [0, 0.05) is 6.61 Å². The molecule has 0 aromatic heterocycles. The molecule has 1 atom stereocenters. The summed E-state index contributed by atoms with van der Waals surface area (Å²) in [4.78, 5) is 0. The first-order valence-corrected chi connectivity index (χ1v) is 4.25. The molecule has 1 aliphatic rings. The highest BCUT2D eigenvalue weighted by Crippen LogP contribution is 2.16. The number of rotatable bonds is 4. The van der Waals surface area contributed by atoms with Crippen molar-refractivity contribution in [3.63, 3.8) is 0 Å². The van der Waals surface area contributed by atoms with E-state index in [9.17, 15) is 0 Å². The van der Waals surface area contributed by atoms with Gasteiger partial charge in [0.25, 0.3) is 0 Å². The Balaban J connectivity index is 1.91. The molecule has 0 spiro atoms. The van der Waals surface area contributed by atoms with Crippen LogP contribution in [0.4, 0.5) is 0 Å². The summed E-state index contributed by atoms with van der Waals surface area (Å²) in [7, 11) is 0. The fourth-order valence-corrected chi connectivity index (χ4v) is 1.39. The van der Waals surface area contributed by atoms with Gasteiger partial charge in [0.2, 0.25) is 0 Å². The summed E-state index contributed by atoms with van der Waals surface area (Å²) < 4.78 is 5.46. The molecule has 1 aliphatic heterocycles. The summed E-state index contributed by atoms with van der Waals surface area (Å²) in [5.41, 5.74) is 5.37. The average molecular weight is 143 g/mol. The highest BCUT2D eigenvalue weighted by atomic mass is 16.5. The van der Waals surface area contributed by atoms with Gasteiger partial charge in [-0.05, 0) is 38.6 Å². The maximum atomic E-state index is 5.46. The van der Waals surface area contributed by atoms with Crippen molar-refractivity contribution in [2.24, 2.45) is 5.73 Å². The predicted molar refractivity (Wildman–Crippen MR) is 41.9 cm³/mol. The molecule has 2 heteroatoms. The molecule has 2 nitrogen and oxygen atoms in total. The second-order valence-electron chi connectivity index (χ2n) is 2.92. The number of hydrogen-bond acceptors (Lipinski definition) is 2. The van der Waals surface area contributed by atoms with Crippen LogP contribution in [0.25, 0.3) is 0 Å². The molecule has 0 aliphatic carbocycles. The zero-order valence-corrected chi connectivity index (χ0v) is 6.51. The van der Waals surface area contributed by atoms with Crippen LogP contribution >= 0.6 is 0 Å². The van der Waals surface area contributed by atoms with E-state index in [2.05, 4.69) is 0 Å². The fourth-order valence-electron chi connectivity index (χ4n) is 1.39. The monoisotopic (exact) mass is 143 g/mol. The van der Waals surface area contributed by atoms with Crippen LogP contribution in [-0.4, -0.2) is 19.3 Å². The van der Waals surface area contributed by atoms with Gasteiger partial charge in [0.15, 0.2) is 0 Å². The molecular weight excluding hydrogens is 126 g/mol. The quantitative estimate of drug-likeness (QED) is 0.602. The smallest absolute Gasteiger partial charge is 0.0576 e. The van der Waals surface area contributed by atoms with Crippen LogP contribution in [0.3, 0.4) is 0 Å². The predicted octanol–water partition coefficient (Wildman–Crippen LogP) is 1.29. The van der Waals surface area contributed by atoms with Crippen molar-refractivity contribution in [1.29, 1.82) is 0 Å². The van der Waals surface area contributed by atoms with Gasteiger partial charge in [-0.3, -0.25) is 0 Å². The Kier molecular flexibility index (Phi) is 3.76. The summed E-state index contributed by atoms with van der Waals surface area (Å²) in [5.74, 6) is 0. The maximum absolute atomic E-state index is 5.46. The van der Waals surface area contributed by atoms with E-state index in [1.54, 1.807) is 0 Å². The molecule has 1 rings (SSSR count). The molecular formula is C8H17NO. The van der Waals surface area contributed by atoms with Crippen molar-refractivity contribution in [3.05, 3.63) is 0 Å². The molecule has 0 aromatic rings. The van der Waals surface area contributed by atoms with Crippen LogP contribution in [0, 0.1) is 0 Å². The highest BCUT2D eigenvalue weighted by Gasteiger charge is 2.13. The first-order chi connectivity index (χ1) is 4.93. The van der Waals surface area contributed by atoms with Crippen molar-refractivity contribution < 1.29 is 4.74 Å². The normalized spacial score (nSPS) is 25.5. The Hall–Kier alpha value is -0.0800. The first kappa shape index (κ1) is 8.02. The Morgan fingerprint density at radius 1 is 1.40 bits per heavy atom. The lowest BCUT2D eigenvalue weighted by molar-refractivity contribution is 0.102. The van der Waals surface area contributed by atoms with Crippen LogP contribution in [0.15, 0.2) is 0 Å².